The molecule has 0 aliphatic carbocycles. The molecule has 4 aromatic carbocycles. The second kappa shape index (κ2) is 9.18. The van der Waals surface area contributed by atoms with Crippen molar-refractivity contribution in [2.45, 2.75) is 11.8 Å². The van der Waals surface area contributed by atoms with Crippen LogP contribution in [0.3, 0.4) is 0 Å². The Kier molecular flexibility index (Phi) is 6.15. The van der Waals surface area contributed by atoms with Crippen LogP contribution in [0.4, 0.5) is 17.1 Å². The van der Waals surface area contributed by atoms with Gasteiger partial charge >= 0.3 is 0 Å². The van der Waals surface area contributed by atoms with Gasteiger partial charge in [-0.3, -0.25) is 9.52 Å². The summed E-state index contributed by atoms with van der Waals surface area (Å²) in [4.78, 5) is 12.4. The highest BCUT2D eigenvalue weighted by atomic mass is 32.2. The lowest BCUT2D eigenvalue weighted by Crippen LogP contribution is -2.14. The quantitative estimate of drug-likeness (QED) is 0.319. The molecule has 0 amide bonds. The van der Waals surface area contributed by atoms with Crippen molar-refractivity contribution in [1.82, 2.24) is 0 Å². The fourth-order valence-corrected chi connectivity index (χ4v) is 4.60. The molecular weight excluding hydrogens is 436 g/mol. The number of anilines is 3. The third-order valence-corrected chi connectivity index (χ3v) is 6.52. The van der Waals surface area contributed by atoms with E-state index in [9.17, 15) is 18.3 Å². The number of hydrogen-bond donors (Lipinski definition) is 3. The van der Waals surface area contributed by atoms with Crippen LogP contribution in [0.5, 0.6) is 5.75 Å². The Labute approximate surface area is 192 Å². The van der Waals surface area contributed by atoms with Crippen LogP contribution in [0.15, 0.2) is 102 Å². The number of aromatic hydroxyl groups is 1. The molecule has 0 radical (unpaired) electrons. The number of phenolic OH excluding ortho intramolecular Hbond substituents is 1. The van der Waals surface area contributed by atoms with Crippen molar-refractivity contribution in [1.29, 1.82) is 0 Å². The summed E-state index contributed by atoms with van der Waals surface area (Å²) in [6, 6.07) is 27.4. The lowest BCUT2D eigenvalue weighted by atomic mass is 10.0. The molecule has 0 atom stereocenters. The van der Waals surface area contributed by atoms with Crippen LogP contribution in [-0.2, 0) is 10.0 Å². The zero-order valence-corrected chi connectivity index (χ0v) is 18.6. The molecule has 7 heteroatoms. The summed E-state index contributed by atoms with van der Waals surface area (Å²) >= 11 is 0. The van der Waals surface area contributed by atoms with Gasteiger partial charge in [-0.25, -0.2) is 8.42 Å². The van der Waals surface area contributed by atoms with Crippen LogP contribution in [0.1, 0.15) is 21.5 Å². The van der Waals surface area contributed by atoms with Crippen molar-refractivity contribution in [3.8, 4) is 5.75 Å². The molecule has 0 spiro atoms. The van der Waals surface area contributed by atoms with E-state index in [4.69, 9.17) is 0 Å². The van der Waals surface area contributed by atoms with Gasteiger partial charge < -0.3 is 10.4 Å². The third kappa shape index (κ3) is 4.88. The Balaban J connectivity index is 1.56. The van der Waals surface area contributed by atoms with Gasteiger partial charge in [0.2, 0.25) is 0 Å². The molecule has 0 fully saturated rings. The Bertz CT molecular complexity index is 1400. The van der Waals surface area contributed by atoms with Crippen LogP contribution in [0, 0.1) is 6.92 Å². The van der Waals surface area contributed by atoms with Gasteiger partial charge in [0.25, 0.3) is 10.0 Å². The Morgan fingerprint density at radius 3 is 2.03 bits per heavy atom. The van der Waals surface area contributed by atoms with Gasteiger partial charge in [-0.1, -0.05) is 54.6 Å². The molecular formula is C26H22N2O4S. The highest BCUT2D eigenvalue weighted by Crippen LogP contribution is 2.31. The van der Waals surface area contributed by atoms with Crippen molar-refractivity contribution in [2.75, 3.05) is 10.0 Å². The summed E-state index contributed by atoms with van der Waals surface area (Å²) in [6.07, 6.45) is 0. The Morgan fingerprint density at radius 2 is 1.33 bits per heavy atom. The van der Waals surface area contributed by atoms with E-state index in [-0.39, 0.29) is 16.4 Å². The van der Waals surface area contributed by atoms with Crippen molar-refractivity contribution in [2.24, 2.45) is 0 Å². The van der Waals surface area contributed by atoms with Gasteiger partial charge in [0.1, 0.15) is 10.6 Å². The number of hydrogen-bond acceptors (Lipinski definition) is 5. The van der Waals surface area contributed by atoms with Gasteiger partial charge in [-0.2, -0.15) is 0 Å². The summed E-state index contributed by atoms with van der Waals surface area (Å²) in [7, 11) is -4.01. The molecule has 4 rings (SSSR count). The molecule has 4 aromatic rings. The number of nitrogens with one attached hydrogen (secondary N) is 2. The zero-order chi connectivity index (χ0) is 23.4. The largest absolute Gasteiger partial charge is 0.506 e. The van der Waals surface area contributed by atoms with E-state index in [1.54, 1.807) is 79.7 Å². The monoisotopic (exact) mass is 458 g/mol. The topological polar surface area (TPSA) is 95.5 Å². The van der Waals surface area contributed by atoms with Gasteiger partial charge in [0.05, 0.1) is 11.4 Å². The number of ketones is 1. The molecule has 6 nitrogen and oxygen atoms in total. The minimum absolute atomic E-state index is 0.0757. The van der Waals surface area contributed by atoms with Crippen LogP contribution in [-0.4, -0.2) is 19.3 Å². The van der Waals surface area contributed by atoms with Gasteiger partial charge in [0, 0.05) is 16.8 Å². The van der Waals surface area contributed by atoms with Crippen molar-refractivity contribution >= 4 is 32.9 Å². The second-order valence-corrected chi connectivity index (χ2v) is 9.12. The summed E-state index contributed by atoms with van der Waals surface area (Å²) in [5.41, 5.74) is 3.16. The molecule has 0 heterocycles. The lowest BCUT2D eigenvalue weighted by molar-refractivity contribution is 0.103. The van der Waals surface area contributed by atoms with E-state index >= 15 is 0 Å². The summed E-state index contributed by atoms with van der Waals surface area (Å²) in [5.74, 6) is -0.359. The summed E-state index contributed by atoms with van der Waals surface area (Å²) in [5, 5.41) is 13.4. The van der Waals surface area contributed by atoms with Gasteiger partial charge in [-0.05, 0) is 55.0 Å². The number of sulfonamides is 1. The molecule has 0 bridgehead atoms. The van der Waals surface area contributed by atoms with E-state index < -0.39 is 10.0 Å². The molecule has 0 unspecified atom stereocenters. The molecule has 33 heavy (non-hydrogen) atoms. The number of para-hydroxylation sites is 3. The number of benzene rings is 4. The van der Waals surface area contributed by atoms with Crippen LogP contribution >= 0.6 is 0 Å². The maximum Gasteiger partial charge on any atom is 0.265 e. The van der Waals surface area contributed by atoms with Crippen LogP contribution in [0.2, 0.25) is 0 Å². The van der Waals surface area contributed by atoms with Crippen molar-refractivity contribution in [3.05, 3.63) is 114 Å². The number of phenols is 1. The smallest absolute Gasteiger partial charge is 0.265 e. The van der Waals surface area contributed by atoms with Crippen LogP contribution in [0.25, 0.3) is 0 Å². The third-order valence-electron chi connectivity index (χ3n) is 5.12. The van der Waals surface area contributed by atoms with E-state index in [1.165, 1.54) is 6.07 Å². The lowest BCUT2D eigenvalue weighted by Gasteiger charge is -2.15. The SMILES string of the molecule is Cc1cccc(S(=O)(=O)Nc2ccccc2Nc2ccc(C(=O)c3ccccc3)cc2)c1O. The first-order valence-electron chi connectivity index (χ1n) is 10.2. The Morgan fingerprint density at radius 1 is 0.727 bits per heavy atom. The summed E-state index contributed by atoms with van der Waals surface area (Å²) < 4.78 is 28.3. The first-order valence-corrected chi connectivity index (χ1v) is 11.7. The fraction of sp³-hybridized carbons (Fsp3) is 0.0385. The van der Waals surface area contributed by atoms with E-state index in [1.807, 2.05) is 18.2 Å². The predicted molar refractivity (Wildman–Crippen MR) is 130 cm³/mol. The summed E-state index contributed by atoms with van der Waals surface area (Å²) in [6.45, 7) is 1.63. The number of carbonyl (C=O) groups is 1. The number of carbonyl (C=O) groups excluding carboxylic acids is 1. The molecule has 0 aliphatic rings. The minimum atomic E-state index is -4.01. The fourth-order valence-electron chi connectivity index (χ4n) is 3.35. The molecule has 0 saturated heterocycles. The Hall–Kier alpha value is -4.10. The zero-order valence-electron chi connectivity index (χ0n) is 17.8. The molecule has 0 aliphatic heterocycles. The first-order chi connectivity index (χ1) is 15.8. The second-order valence-electron chi connectivity index (χ2n) is 7.47. The minimum Gasteiger partial charge on any atom is -0.506 e. The maximum absolute atomic E-state index is 12.9. The van der Waals surface area contributed by atoms with Gasteiger partial charge in [0.15, 0.2) is 5.78 Å². The standard InChI is InChI=1S/C26H22N2O4S/c1-18-8-7-13-24(25(18)29)33(31,32)28-23-12-6-5-11-22(23)27-21-16-14-20(15-17-21)26(30)19-9-3-2-4-10-19/h2-17,27-29H,1H3. The van der Waals surface area contributed by atoms with Crippen molar-refractivity contribution in [3.63, 3.8) is 0 Å². The van der Waals surface area contributed by atoms with Crippen LogP contribution < -0.4 is 10.0 Å². The van der Waals surface area contributed by atoms with E-state index in [2.05, 4.69) is 10.0 Å². The molecule has 3 N–H and O–H groups in total. The highest BCUT2D eigenvalue weighted by molar-refractivity contribution is 7.92. The normalized spacial score (nSPS) is 11.1. The average molecular weight is 459 g/mol. The average Bonchev–Trinajstić information content (AvgIpc) is 2.82. The van der Waals surface area contributed by atoms with Gasteiger partial charge in [-0.15, -0.1) is 0 Å². The van der Waals surface area contributed by atoms with Crippen molar-refractivity contribution < 1.29 is 18.3 Å². The first kappa shape index (κ1) is 22.1. The number of rotatable bonds is 7. The molecule has 0 aromatic heterocycles. The van der Waals surface area contributed by atoms with E-state index in [0.717, 1.165) is 0 Å². The highest BCUT2D eigenvalue weighted by Gasteiger charge is 2.21. The maximum atomic E-state index is 12.9. The predicted octanol–water partition coefficient (Wildman–Crippen LogP) is 5.48. The van der Waals surface area contributed by atoms with E-state index in [0.29, 0.717) is 33.8 Å². The molecule has 166 valence electrons. The molecule has 0 saturated carbocycles. The number of aryl methyl sites for hydroxylation is 1.